The number of amides is 1. The molecule has 4 nitrogen and oxygen atoms in total. The van der Waals surface area contributed by atoms with E-state index in [2.05, 4.69) is 5.32 Å². The number of benzene rings is 2. The van der Waals surface area contributed by atoms with Crippen molar-refractivity contribution in [3.8, 4) is 0 Å². The van der Waals surface area contributed by atoms with Crippen LogP contribution in [0.5, 0.6) is 0 Å². The quantitative estimate of drug-likeness (QED) is 0.713. The summed E-state index contributed by atoms with van der Waals surface area (Å²) in [6.45, 7) is 5.56. The van der Waals surface area contributed by atoms with Crippen LogP contribution >= 0.6 is 0 Å². The Morgan fingerprint density at radius 1 is 1.05 bits per heavy atom. The van der Waals surface area contributed by atoms with E-state index in [-0.39, 0.29) is 5.91 Å². The number of carbonyl (C=O) groups is 2. The number of furan rings is 1. The van der Waals surface area contributed by atoms with E-state index < -0.39 is 5.41 Å². The first-order chi connectivity index (χ1) is 10.4. The van der Waals surface area contributed by atoms with Crippen LogP contribution in [0.3, 0.4) is 0 Å². The maximum Gasteiger partial charge on any atom is 0.229 e. The molecule has 3 rings (SSSR count). The maximum absolute atomic E-state index is 12.2. The van der Waals surface area contributed by atoms with Crippen LogP contribution in [0, 0.1) is 5.41 Å². The van der Waals surface area contributed by atoms with Crippen molar-refractivity contribution in [2.45, 2.75) is 20.8 Å². The van der Waals surface area contributed by atoms with Gasteiger partial charge in [-0.25, -0.2) is 0 Å². The van der Waals surface area contributed by atoms with Crippen LogP contribution < -0.4 is 5.32 Å². The molecular weight excluding hydrogens is 278 g/mol. The van der Waals surface area contributed by atoms with Crippen LogP contribution in [0.1, 0.15) is 31.1 Å². The first-order valence-electron chi connectivity index (χ1n) is 7.12. The van der Waals surface area contributed by atoms with E-state index in [0.717, 1.165) is 17.1 Å². The SMILES string of the molecule is CC(C)(C)C(=O)Nc1cccc2c1oc1c(C=O)cccc12. The zero-order valence-electron chi connectivity index (χ0n) is 12.8. The number of fused-ring (bicyclic) bond motifs is 3. The minimum atomic E-state index is -0.498. The van der Waals surface area contributed by atoms with Gasteiger partial charge in [0.05, 0.1) is 11.3 Å². The molecule has 0 radical (unpaired) electrons. The highest BCUT2D eigenvalue weighted by Gasteiger charge is 2.23. The molecule has 1 N–H and O–H groups in total. The van der Waals surface area contributed by atoms with Gasteiger partial charge in [-0.2, -0.15) is 0 Å². The van der Waals surface area contributed by atoms with Crippen molar-refractivity contribution in [1.82, 2.24) is 0 Å². The summed E-state index contributed by atoms with van der Waals surface area (Å²) in [7, 11) is 0. The Morgan fingerprint density at radius 2 is 1.68 bits per heavy atom. The lowest BCUT2D eigenvalue weighted by atomic mass is 9.95. The Labute approximate surface area is 128 Å². The topological polar surface area (TPSA) is 59.3 Å². The lowest BCUT2D eigenvalue weighted by Gasteiger charge is -2.17. The fraction of sp³-hybridized carbons (Fsp3) is 0.222. The number of hydrogen-bond acceptors (Lipinski definition) is 3. The second kappa shape index (κ2) is 4.98. The smallest absolute Gasteiger partial charge is 0.229 e. The van der Waals surface area contributed by atoms with Gasteiger partial charge in [0.25, 0.3) is 0 Å². The normalized spacial score (nSPS) is 11.8. The molecule has 0 spiro atoms. The zero-order valence-corrected chi connectivity index (χ0v) is 12.8. The van der Waals surface area contributed by atoms with Gasteiger partial charge < -0.3 is 9.73 Å². The van der Waals surface area contributed by atoms with Crippen molar-refractivity contribution < 1.29 is 14.0 Å². The third-order valence-corrected chi connectivity index (χ3v) is 3.61. The largest absolute Gasteiger partial charge is 0.453 e. The number of hydrogen-bond donors (Lipinski definition) is 1. The maximum atomic E-state index is 12.2. The molecule has 0 saturated carbocycles. The molecule has 0 aliphatic heterocycles. The summed E-state index contributed by atoms with van der Waals surface area (Å²) in [6, 6.07) is 11.0. The number of para-hydroxylation sites is 2. The second-order valence-electron chi connectivity index (χ2n) is 6.33. The molecule has 1 heterocycles. The number of anilines is 1. The van der Waals surface area contributed by atoms with Gasteiger partial charge in [0.2, 0.25) is 5.91 Å². The van der Waals surface area contributed by atoms with Crippen LogP contribution in [-0.2, 0) is 4.79 Å². The summed E-state index contributed by atoms with van der Waals surface area (Å²) in [6.07, 6.45) is 0.776. The molecule has 1 amide bonds. The van der Waals surface area contributed by atoms with Gasteiger partial charge in [0, 0.05) is 16.2 Å². The Bertz CT molecular complexity index is 884. The monoisotopic (exact) mass is 295 g/mol. The average molecular weight is 295 g/mol. The standard InChI is InChI=1S/C18H17NO3/c1-18(2,3)17(21)19-14-9-5-8-13-12-7-4-6-11(10-20)15(12)22-16(13)14/h4-10H,1-3H3,(H,19,21). The molecule has 3 aromatic rings. The van der Waals surface area contributed by atoms with E-state index in [1.54, 1.807) is 12.1 Å². The lowest BCUT2D eigenvalue weighted by molar-refractivity contribution is -0.123. The van der Waals surface area contributed by atoms with Gasteiger partial charge in [-0.3, -0.25) is 9.59 Å². The third kappa shape index (κ3) is 2.26. The fourth-order valence-electron chi connectivity index (χ4n) is 2.34. The van der Waals surface area contributed by atoms with Crippen molar-refractivity contribution in [3.05, 3.63) is 42.0 Å². The molecule has 0 atom stereocenters. The summed E-state index contributed by atoms with van der Waals surface area (Å²) in [5.41, 5.74) is 1.75. The predicted octanol–water partition coefficient (Wildman–Crippen LogP) is 4.38. The highest BCUT2D eigenvalue weighted by molar-refractivity contribution is 6.14. The highest BCUT2D eigenvalue weighted by Crippen LogP contribution is 2.35. The van der Waals surface area contributed by atoms with Crippen molar-refractivity contribution in [3.63, 3.8) is 0 Å². The first-order valence-corrected chi connectivity index (χ1v) is 7.12. The molecular formula is C18H17NO3. The fourth-order valence-corrected chi connectivity index (χ4v) is 2.34. The molecule has 22 heavy (non-hydrogen) atoms. The Hall–Kier alpha value is -2.62. The number of nitrogens with one attached hydrogen (secondary N) is 1. The molecule has 0 fully saturated rings. The average Bonchev–Trinajstić information content (AvgIpc) is 2.86. The van der Waals surface area contributed by atoms with Crippen molar-refractivity contribution in [2.75, 3.05) is 5.32 Å². The second-order valence-corrected chi connectivity index (χ2v) is 6.33. The summed E-state index contributed by atoms with van der Waals surface area (Å²) in [4.78, 5) is 23.4. The van der Waals surface area contributed by atoms with E-state index in [9.17, 15) is 9.59 Å². The van der Waals surface area contributed by atoms with Crippen molar-refractivity contribution >= 4 is 39.8 Å². The van der Waals surface area contributed by atoms with Crippen molar-refractivity contribution in [1.29, 1.82) is 0 Å². The van der Waals surface area contributed by atoms with Crippen LogP contribution in [0.2, 0.25) is 0 Å². The van der Waals surface area contributed by atoms with Gasteiger partial charge in [-0.15, -0.1) is 0 Å². The van der Waals surface area contributed by atoms with E-state index in [0.29, 0.717) is 22.4 Å². The molecule has 0 saturated heterocycles. The first kappa shape index (κ1) is 14.3. The molecule has 0 unspecified atom stereocenters. The van der Waals surface area contributed by atoms with E-state index >= 15 is 0 Å². The molecule has 4 heteroatoms. The zero-order chi connectivity index (χ0) is 15.9. The minimum Gasteiger partial charge on any atom is -0.453 e. The predicted molar refractivity (Wildman–Crippen MR) is 87.2 cm³/mol. The molecule has 0 aliphatic carbocycles. The molecule has 1 aromatic heterocycles. The summed E-state index contributed by atoms with van der Waals surface area (Å²) in [5.74, 6) is -0.0870. The molecule has 0 bridgehead atoms. The molecule has 112 valence electrons. The van der Waals surface area contributed by atoms with E-state index in [1.807, 2.05) is 45.0 Å². The summed E-state index contributed by atoms with van der Waals surface area (Å²) < 4.78 is 5.87. The van der Waals surface area contributed by atoms with Gasteiger partial charge in [0.1, 0.15) is 5.58 Å². The van der Waals surface area contributed by atoms with Crippen LogP contribution in [0.25, 0.3) is 21.9 Å². The van der Waals surface area contributed by atoms with Gasteiger partial charge in [-0.1, -0.05) is 45.0 Å². The third-order valence-electron chi connectivity index (χ3n) is 3.61. The Morgan fingerprint density at radius 3 is 2.32 bits per heavy atom. The highest BCUT2D eigenvalue weighted by atomic mass is 16.3. The van der Waals surface area contributed by atoms with E-state index in [4.69, 9.17) is 4.42 Å². The van der Waals surface area contributed by atoms with Gasteiger partial charge >= 0.3 is 0 Å². The van der Waals surface area contributed by atoms with Gasteiger partial charge in [-0.05, 0) is 12.1 Å². The Balaban J connectivity index is 2.21. The molecule has 0 aliphatic rings. The Kier molecular flexibility index (Phi) is 3.24. The van der Waals surface area contributed by atoms with E-state index in [1.165, 1.54) is 0 Å². The number of rotatable bonds is 2. The summed E-state index contributed by atoms with van der Waals surface area (Å²) >= 11 is 0. The van der Waals surface area contributed by atoms with Crippen molar-refractivity contribution in [2.24, 2.45) is 5.41 Å². The van der Waals surface area contributed by atoms with Crippen LogP contribution in [0.15, 0.2) is 40.8 Å². The minimum absolute atomic E-state index is 0.0870. The summed E-state index contributed by atoms with van der Waals surface area (Å²) in [5, 5.41) is 4.65. The number of carbonyl (C=O) groups excluding carboxylic acids is 2. The molecule has 2 aromatic carbocycles. The van der Waals surface area contributed by atoms with Crippen LogP contribution in [0.4, 0.5) is 5.69 Å². The lowest BCUT2D eigenvalue weighted by Crippen LogP contribution is -2.27. The van der Waals surface area contributed by atoms with Gasteiger partial charge in [0.15, 0.2) is 11.9 Å². The van der Waals surface area contributed by atoms with Crippen LogP contribution in [-0.4, -0.2) is 12.2 Å². The number of aldehydes is 1.